The first-order valence-electron chi connectivity index (χ1n) is 7.83. The van der Waals surface area contributed by atoms with Gasteiger partial charge in [-0.1, -0.05) is 34.5 Å². The molecule has 0 saturated carbocycles. The van der Waals surface area contributed by atoms with Crippen molar-refractivity contribution in [1.29, 1.82) is 0 Å². The van der Waals surface area contributed by atoms with E-state index < -0.39 is 5.97 Å². The number of aliphatic carboxylic acids is 1. The molecule has 128 valence electrons. The lowest BCUT2D eigenvalue weighted by Gasteiger charge is -2.23. The molecule has 24 heavy (non-hydrogen) atoms. The minimum Gasteiger partial charge on any atom is -0.489 e. The Balaban J connectivity index is 2.32. The van der Waals surface area contributed by atoms with E-state index in [0.29, 0.717) is 25.0 Å². The van der Waals surface area contributed by atoms with Crippen molar-refractivity contribution in [3.63, 3.8) is 0 Å². The van der Waals surface area contributed by atoms with Crippen LogP contribution < -0.4 is 4.74 Å². The first-order valence-corrected chi connectivity index (χ1v) is 7.83. The molecular formula is C19H23NO4. The van der Waals surface area contributed by atoms with Crippen LogP contribution in [0.1, 0.15) is 32.3 Å². The summed E-state index contributed by atoms with van der Waals surface area (Å²) in [6.45, 7) is 6.39. The number of oxime groups is 1. The van der Waals surface area contributed by atoms with Gasteiger partial charge >= 0.3 is 5.97 Å². The van der Waals surface area contributed by atoms with Gasteiger partial charge in [0.2, 0.25) is 0 Å². The van der Waals surface area contributed by atoms with Crippen LogP contribution in [0.5, 0.6) is 5.75 Å². The molecule has 1 aliphatic carbocycles. The monoisotopic (exact) mass is 329 g/mol. The second-order valence-corrected chi connectivity index (χ2v) is 5.98. The normalized spacial score (nSPS) is 15.6. The van der Waals surface area contributed by atoms with Crippen LogP contribution in [0.3, 0.4) is 0 Å². The number of aryl methyl sites for hydroxylation is 1. The number of carboxylic acid groups (broad SMARTS) is 1. The molecule has 0 aliphatic heterocycles. The number of para-hydroxylation sites is 1. The molecule has 0 saturated heterocycles. The van der Waals surface area contributed by atoms with Gasteiger partial charge in [0.25, 0.3) is 0 Å². The summed E-state index contributed by atoms with van der Waals surface area (Å²) < 4.78 is 5.93. The molecule has 1 aromatic carbocycles. The Bertz CT molecular complexity index is 729. The molecule has 5 heteroatoms. The molecular weight excluding hydrogens is 306 g/mol. The predicted molar refractivity (Wildman–Crippen MR) is 93.4 cm³/mol. The summed E-state index contributed by atoms with van der Waals surface area (Å²) in [5.41, 5.74) is 5.01. The van der Waals surface area contributed by atoms with E-state index in [1.807, 2.05) is 38.1 Å². The van der Waals surface area contributed by atoms with Crippen LogP contribution in [0, 0.1) is 6.92 Å². The maximum atomic E-state index is 11.5. The third kappa shape index (κ3) is 4.04. The molecule has 2 rings (SSSR count). The zero-order chi connectivity index (χ0) is 17.7. The summed E-state index contributed by atoms with van der Waals surface area (Å²) in [7, 11) is 1.35. The van der Waals surface area contributed by atoms with Crippen molar-refractivity contribution in [3.05, 3.63) is 52.1 Å². The smallest absolute Gasteiger partial charge is 0.358 e. The first kappa shape index (κ1) is 17.8. The van der Waals surface area contributed by atoms with E-state index in [0.717, 1.165) is 22.5 Å². The van der Waals surface area contributed by atoms with Crippen molar-refractivity contribution in [3.8, 4) is 5.75 Å². The van der Waals surface area contributed by atoms with Gasteiger partial charge in [-0.2, -0.15) is 0 Å². The fourth-order valence-electron chi connectivity index (χ4n) is 2.71. The third-order valence-electron chi connectivity index (χ3n) is 4.24. The highest BCUT2D eigenvalue weighted by atomic mass is 16.6. The van der Waals surface area contributed by atoms with Crippen LogP contribution in [0.15, 0.2) is 51.7 Å². The lowest BCUT2D eigenvalue weighted by Crippen LogP contribution is -2.22. The van der Waals surface area contributed by atoms with E-state index in [1.165, 1.54) is 12.7 Å². The second kappa shape index (κ2) is 7.81. The number of benzene rings is 1. The zero-order valence-corrected chi connectivity index (χ0v) is 14.5. The molecule has 0 amide bonds. The number of rotatable bonds is 6. The first-order chi connectivity index (χ1) is 11.4. The quantitative estimate of drug-likeness (QED) is 0.488. The van der Waals surface area contributed by atoms with E-state index in [2.05, 4.69) is 12.1 Å². The maximum absolute atomic E-state index is 11.5. The van der Waals surface area contributed by atoms with Gasteiger partial charge in [-0.25, -0.2) is 4.79 Å². The minimum absolute atomic E-state index is 0.0484. The van der Waals surface area contributed by atoms with E-state index in [-0.39, 0.29) is 5.71 Å². The van der Waals surface area contributed by atoms with Crippen molar-refractivity contribution in [2.45, 2.75) is 33.6 Å². The largest absolute Gasteiger partial charge is 0.489 e. The summed E-state index contributed by atoms with van der Waals surface area (Å²) in [4.78, 5) is 16.3. The van der Waals surface area contributed by atoms with Crippen molar-refractivity contribution in [2.75, 3.05) is 13.7 Å². The highest BCUT2D eigenvalue weighted by Crippen LogP contribution is 2.31. The average Bonchev–Trinajstić information content (AvgIpc) is 2.54. The molecule has 0 spiro atoms. The van der Waals surface area contributed by atoms with E-state index in [4.69, 9.17) is 9.57 Å². The molecule has 0 fully saturated rings. The van der Waals surface area contributed by atoms with Crippen LogP contribution in [0.25, 0.3) is 0 Å². The Morgan fingerprint density at radius 2 is 1.83 bits per heavy atom. The van der Waals surface area contributed by atoms with Crippen LogP contribution in [0.4, 0.5) is 0 Å². The number of carboxylic acids is 1. The molecule has 0 radical (unpaired) electrons. The minimum atomic E-state index is -1.09. The topological polar surface area (TPSA) is 68.1 Å². The average molecular weight is 329 g/mol. The SMILES string of the molecule is CON=C(C(=O)O)C1=C(COc2ccccc2C)CC(C)=C(C)C1. The molecule has 1 aliphatic rings. The second-order valence-electron chi connectivity index (χ2n) is 5.98. The number of hydrogen-bond donors (Lipinski definition) is 1. The Morgan fingerprint density at radius 1 is 1.17 bits per heavy atom. The third-order valence-corrected chi connectivity index (χ3v) is 4.24. The number of nitrogens with zero attached hydrogens (tertiary/aromatic N) is 1. The van der Waals surface area contributed by atoms with Crippen LogP contribution in [-0.2, 0) is 9.63 Å². The standard InChI is InChI=1S/C19H23NO4/c1-12-7-5-6-8-17(12)24-11-15-9-13(2)14(3)10-16(15)18(19(21)22)20-23-4/h5-8H,9-11H2,1-4H3,(H,21,22). The molecule has 0 atom stereocenters. The van der Waals surface area contributed by atoms with Crippen molar-refractivity contribution in [2.24, 2.45) is 5.16 Å². The lowest BCUT2D eigenvalue weighted by atomic mass is 9.85. The fourth-order valence-corrected chi connectivity index (χ4v) is 2.71. The van der Waals surface area contributed by atoms with E-state index >= 15 is 0 Å². The summed E-state index contributed by atoms with van der Waals surface area (Å²) in [6.07, 6.45) is 1.23. The Kier molecular flexibility index (Phi) is 5.79. The van der Waals surface area contributed by atoms with E-state index in [1.54, 1.807) is 0 Å². The van der Waals surface area contributed by atoms with Gasteiger partial charge < -0.3 is 14.7 Å². The molecule has 1 N–H and O–H groups in total. The predicted octanol–water partition coefficient (Wildman–Crippen LogP) is 3.89. The molecule has 1 aromatic rings. The molecule has 0 heterocycles. The Labute approximate surface area is 142 Å². The molecule has 0 unspecified atom stereocenters. The fraction of sp³-hybridized carbons (Fsp3) is 0.368. The summed E-state index contributed by atoms with van der Waals surface area (Å²) in [6, 6.07) is 7.77. The van der Waals surface area contributed by atoms with Gasteiger partial charge in [-0.15, -0.1) is 0 Å². The lowest BCUT2D eigenvalue weighted by molar-refractivity contribution is -0.129. The van der Waals surface area contributed by atoms with Gasteiger partial charge in [0, 0.05) is 0 Å². The van der Waals surface area contributed by atoms with Crippen LogP contribution >= 0.6 is 0 Å². The number of carbonyl (C=O) groups is 1. The van der Waals surface area contributed by atoms with Crippen LogP contribution in [-0.4, -0.2) is 30.5 Å². The van der Waals surface area contributed by atoms with E-state index in [9.17, 15) is 9.90 Å². The van der Waals surface area contributed by atoms with Crippen molar-refractivity contribution in [1.82, 2.24) is 0 Å². The summed E-state index contributed by atoms with van der Waals surface area (Å²) >= 11 is 0. The molecule has 0 aromatic heterocycles. The van der Waals surface area contributed by atoms with Crippen LogP contribution in [0.2, 0.25) is 0 Å². The van der Waals surface area contributed by atoms with Gasteiger partial charge in [0.1, 0.15) is 19.5 Å². The highest BCUT2D eigenvalue weighted by molar-refractivity contribution is 6.42. The molecule has 0 bridgehead atoms. The Morgan fingerprint density at radius 3 is 2.46 bits per heavy atom. The van der Waals surface area contributed by atoms with Gasteiger partial charge in [-0.05, 0) is 56.4 Å². The number of ether oxygens (including phenoxy) is 1. The summed E-state index contributed by atoms with van der Waals surface area (Å²) in [5.74, 6) is -0.290. The highest BCUT2D eigenvalue weighted by Gasteiger charge is 2.25. The van der Waals surface area contributed by atoms with Gasteiger partial charge in [0.05, 0.1) is 0 Å². The number of hydrogen-bond acceptors (Lipinski definition) is 4. The summed E-state index contributed by atoms with van der Waals surface area (Å²) in [5, 5.41) is 13.2. The van der Waals surface area contributed by atoms with Crippen molar-refractivity contribution < 1.29 is 19.5 Å². The Hall–Kier alpha value is -2.56. The van der Waals surface area contributed by atoms with Crippen molar-refractivity contribution >= 4 is 11.7 Å². The zero-order valence-electron chi connectivity index (χ0n) is 14.5. The number of allylic oxidation sites excluding steroid dienone is 2. The molecule has 5 nitrogen and oxygen atoms in total. The maximum Gasteiger partial charge on any atom is 0.358 e. The van der Waals surface area contributed by atoms with Gasteiger partial charge in [0.15, 0.2) is 5.71 Å². The van der Waals surface area contributed by atoms with Gasteiger partial charge in [-0.3, -0.25) is 0 Å².